The zero-order valence-electron chi connectivity index (χ0n) is 18.1. The van der Waals surface area contributed by atoms with Gasteiger partial charge in [0.05, 0.1) is 17.3 Å². The van der Waals surface area contributed by atoms with Crippen LogP contribution in [0.15, 0.2) is 50.6 Å². The van der Waals surface area contributed by atoms with Gasteiger partial charge in [-0.25, -0.2) is 14.2 Å². The molecule has 0 saturated heterocycles. The SMILES string of the molecule is CC[C@@H]1\C=C(Cl)/N=C\C(C)=C(/C(=O)Nc2cc(NC(=O)OC(C)(C)C)ccc2F)C=N1. The molecule has 0 aliphatic carbocycles. The first kappa shape index (κ1) is 24.3. The standard InChI is InChI=1S/C22H26ClFN4O3/c1-6-14-10-19(23)26-11-13(2)16(12-25-14)20(29)28-18-9-15(7-8-17(18)24)27-21(30)31-22(3,4)5/h7-12,14H,6H2,1-5H3,(H,27,30)(H,28,29)/b16-13-,19-10-,25-12?,26-11-/t14-/m1/s1. The van der Waals surface area contributed by atoms with Gasteiger partial charge in [0.1, 0.15) is 16.6 Å². The van der Waals surface area contributed by atoms with Crippen molar-refractivity contribution in [1.29, 1.82) is 0 Å². The minimum Gasteiger partial charge on any atom is -0.444 e. The summed E-state index contributed by atoms with van der Waals surface area (Å²) in [7, 11) is 0. The monoisotopic (exact) mass is 448 g/mol. The topological polar surface area (TPSA) is 92.2 Å². The van der Waals surface area contributed by atoms with Crippen molar-refractivity contribution in [2.75, 3.05) is 10.6 Å². The number of rotatable bonds is 4. The summed E-state index contributed by atoms with van der Waals surface area (Å²) >= 11 is 6.05. The molecule has 1 atom stereocenters. The number of carbonyl (C=O) groups is 2. The Morgan fingerprint density at radius 3 is 2.58 bits per heavy atom. The highest BCUT2D eigenvalue weighted by molar-refractivity contribution is 6.30. The number of hydrogen-bond acceptors (Lipinski definition) is 5. The Bertz CT molecular complexity index is 977. The van der Waals surface area contributed by atoms with E-state index in [0.29, 0.717) is 12.0 Å². The van der Waals surface area contributed by atoms with E-state index in [4.69, 9.17) is 16.3 Å². The second-order valence-electron chi connectivity index (χ2n) is 7.87. The lowest BCUT2D eigenvalue weighted by molar-refractivity contribution is -0.112. The molecule has 0 radical (unpaired) electrons. The van der Waals surface area contributed by atoms with Gasteiger partial charge in [-0.2, -0.15) is 0 Å². The Morgan fingerprint density at radius 2 is 1.94 bits per heavy atom. The van der Waals surface area contributed by atoms with E-state index in [1.807, 2.05) is 6.92 Å². The third kappa shape index (κ3) is 7.64. The number of nitrogens with one attached hydrogen (secondary N) is 2. The number of halogens is 2. The fraction of sp³-hybridized carbons (Fsp3) is 0.364. The molecule has 1 aliphatic rings. The molecule has 1 aromatic carbocycles. The molecule has 2 amide bonds. The van der Waals surface area contributed by atoms with E-state index in [0.717, 1.165) is 6.07 Å². The van der Waals surface area contributed by atoms with E-state index in [9.17, 15) is 14.0 Å². The Kier molecular flexibility index (Phi) is 8.10. The van der Waals surface area contributed by atoms with Crippen LogP contribution in [0.4, 0.5) is 20.6 Å². The first-order valence-corrected chi connectivity index (χ1v) is 10.1. The fourth-order valence-corrected chi connectivity index (χ4v) is 2.71. The number of nitrogens with zero attached hydrogens (tertiary/aromatic N) is 2. The second kappa shape index (κ2) is 10.3. The van der Waals surface area contributed by atoms with E-state index in [1.165, 1.54) is 24.6 Å². The van der Waals surface area contributed by atoms with E-state index < -0.39 is 23.4 Å². The number of carbonyl (C=O) groups excluding carboxylic acids is 2. The van der Waals surface area contributed by atoms with Crippen LogP contribution in [0.2, 0.25) is 0 Å². The van der Waals surface area contributed by atoms with Crippen molar-refractivity contribution in [3.8, 4) is 0 Å². The highest BCUT2D eigenvalue weighted by Gasteiger charge is 2.18. The Labute approximate surface area is 186 Å². The first-order chi connectivity index (χ1) is 14.5. The summed E-state index contributed by atoms with van der Waals surface area (Å²) in [5.74, 6) is -1.24. The summed E-state index contributed by atoms with van der Waals surface area (Å²) in [4.78, 5) is 33.3. The Hall–Kier alpha value is -3.00. The number of aliphatic imine (C=N–C) groups is 2. The van der Waals surface area contributed by atoms with Crippen LogP contribution in [0.1, 0.15) is 41.0 Å². The molecular weight excluding hydrogens is 423 g/mol. The van der Waals surface area contributed by atoms with Crippen LogP contribution in [-0.4, -0.2) is 36.1 Å². The van der Waals surface area contributed by atoms with Crippen molar-refractivity contribution in [3.63, 3.8) is 0 Å². The predicted molar refractivity (Wildman–Crippen MR) is 123 cm³/mol. The molecule has 0 spiro atoms. The number of ether oxygens (including phenoxy) is 1. The van der Waals surface area contributed by atoms with Gasteiger partial charge in [-0.15, -0.1) is 0 Å². The third-order valence-electron chi connectivity index (χ3n) is 4.05. The number of allylic oxidation sites excluding steroid dienone is 1. The largest absolute Gasteiger partial charge is 0.444 e. The van der Waals surface area contributed by atoms with Crippen molar-refractivity contribution in [2.45, 2.75) is 52.7 Å². The number of amides is 2. The van der Waals surface area contributed by atoms with Gasteiger partial charge in [0.15, 0.2) is 0 Å². The van der Waals surface area contributed by atoms with Gasteiger partial charge in [-0.05, 0) is 64.0 Å². The van der Waals surface area contributed by atoms with Gasteiger partial charge >= 0.3 is 6.09 Å². The molecule has 9 heteroatoms. The number of benzene rings is 1. The van der Waals surface area contributed by atoms with Crippen molar-refractivity contribution in [1.82, 2.24) is 0 Å². The fourth-order valence-electron chi connectivity index (χ4n) is 2.52. The number of anilines is 2. The predicted octanol–water partition coefficient (Wildman–Crippen LogP) is 5.44. The first-order valence-electron chi connectivity index (χ1n) is 9.75. The Balaban J connectivity index is 2.25. The molecule has 1 aromatic rings. The van der Waals surface area contributed by atoms with Gasteiger partial charge in [0.2, 0.25) is 0 Å². The van der Waals surface area contributed by atoms with E-state index >= 15 is 0 Å². The molecule has 0 fully saturated rings. The van der Waals surface area contributed by atoms with Crippen molar-refractivity contribution in [2.24, 2.45) is 9.98 Å². The van der Waals surface area contributed by atoms with Crippen LogP contribution in [0.3, 0.4) is 0 Å². The quantitative estimate of drug-likeness (QED) is 0.600. The van der Waals surface area contributed by atoms with Crippen LogP contribution in [0.25, 0.3) is 0 Å². The molecule has 0 aromatic heterocycles. The molecule has 0 saturated carbocycles. The van der Waals surface area contributed by atoms with Crippen molar-refractivity contribution < 1.29 is 18.7 Å². The molecular formula is C22H26ClFN4O3. The summed E-state index contributed by atoms with van der Waals surface area (Å²) in [5, 5.41) is 5.31. The lowest BCUT2D eigenvalue weighted by atomic mass is 10.1. The number of hydrogen-bond donors (Lipinski definition) is 2. The second-order valence-corrected chi connectivity index (χ2v) is 8.26. The average molecular weight is 449 g/mol. The van der Waals surface area contributed by atoms with Gasteiger partial charge in [-0.1, -0.05) is 18.5 Å². The zero-order chi connectivity index (χ0) is 23.2. The van der Waals surface area contributed by atoms with Crippen LogP contribution >= 0.6 is 11.6 Å². The maximum atomic E-state index is 14.3. The van der Waals surface area contributed by atoms with Gasteiger partial charge in [0.25, 0.3) is 5.91 Å². The van der Waals surface area contributed by atoms with Crippen LogP contribution in [-0.2, 0) is 9.53 Å². The molecule has 1 aliphatic heterocycles. The minimum absolute atomic E-state index is 0.104. The van der Waals surface area contributed by atoms with E-state index in [-0.39, 0.29) is 28.1 Å². The van der Waals surface area contributed by atoms with Crippen LogP contribution < -0.4 is 10.6 Å². The molecule has 1 heterocycles. The zero-order valence-corrected chi connectivity index (χ0v) is 18.9. The van der Waals surface area contributed by atoms with E-state index in [1.54, 1.807) is 33.8 Å². The van der Waals surface area contributed by atoms with Crippen LogP contribution in [0.5, 0.6) is 0 Å². The molecule has 2 rings (SSSR count). The highest BCUT2D eigenvalue weighted by atomic mass is 35.5. The maximum Gasteiger partial charge on any atom is 0.412 e. The molecule has 0 bridgehead atoms. The third-order valence-corrected chi connectivity index (χ3v) is 4.28. The highest BCUT2D eigenvalue weighted by Crippen LogP contribution is 2.22. The molecule has 7 nitrogen and oxygen atoms in total. The Morgan fingerprint density at radius 1 is 1.23 bits per heavy atom. The summed E-state index contributed by atoms with van der Waals surface area (Å²) in [5.41, 5.74) is 0.201. The van der Waals surface area contributed by atoms with Gasteiger partial charge in [-0.3, -0.25) is 15.1 Å². The van der Waals surface area contributed by atoms with Crippen LogP contribution in [0, 0.1) is 5.82 Å². The summed E-state index contributed by atoms with van der Waals surface area (Å²) < 4.78 is 19.5. The van der Waals surface area contributed by atoms with Gasteiger partial charge in [0, 0.05) is 18.1 Å². The smallest absolute Gasteiger partial charge is 0.412 e. The summed E-state index contributed by atoms with van der Waals surface area (Å²) in [6.45, 7) is 8.79. The minimum atomic E-state index is -0.690. The molecule has 31 heavy (non-hydrogen) atoms. The van der Waals surface area contributed by atoms with E-state index in [2.05, 4.69) is 20.6 Å². The summed E-state index contributed by atoms with van der Waals surface area (Å²) in [6, 6.07) is 3.57. The maximum absolute atomic E-state index is 14.3. The molecule has 2 N–H and O–H groups in total. The normalized spacial score (nSPS) is 21.8. The lowest BCUT2D eigenvalue weighted by Gasteiger charge is -2.20. The van der Waals surface area contributed by atoms with Gasteiger partial charge < -0.3 is 10.1 Å². The summed E-state index contributed by atoms with van der Waals surface area (Å²) in [6.07, 6.45) is 4.55. The molecule has 166 valence electrons. The lowest BCUT2D eigenvalue weighted by Crippen LogP contribution is -2.27. The molecule has 0 unspecified atom stereocenters. The van der Waals surface area contributed by atoms with Crippen molar-refractivity contribution >= 4 is 47.4 Å². The average Bonchev–Trinajstić information content (AvgIpc) is 2.72. The van der Waals surface area contributed by atoms with Crippen molar-refractivity contribution in [3.05, 3.63) is 46.4 Å².